The zero-order chi connectivity index (χ0) is 10.6. The molecule has 3 N–H and O–H groups in total. The minimum atomic E-state index is -0.602. The highest BCUT2D eigenvalue weighted by Crippen LogP contribution is 1.89. The number of aliphatic hydroxyl groups excluding tert-OH is 1. The Morgan fingerprint density at radius 2 is 2.36 bits per heavy atom. The van der Waals surface area contributed by atoms with Crippen LogP contribution in [0.4, 0.5) is 0 Å². The number of carbonyl (C=O) groups is 1. The molecule has 1 amide bonds. The number of hydrogen-bond donors (Lipinski definition) is 3. The molecule has 5 heteroatoms. The van der Waals surface area contributed by atoms with Crippen molar-refractivity contribution in [3.05, 3.63) is 34.2 Å². The molecule has 0 fully saturated rings. The van der Waals surface area contributed by atoms with Gasteiger partial charge in [0.1, 0.15) is 5.69 Å². The lowest BCUT2D eigenvalue weighted by Crippen LogP contribution is -2.31. The summed E-state index contributed by atoms with van der Waals surface area (Å²) < 4.78 is 0. The van der Waals surface area contributed by atoms with Crippen molar-refractivity contribution in [2.75, 3.05) is 6.54 Å². The SMILES string of the molecule is CC(O)CNC(=O)c1cccc(=O)[nH]1. The predicted molar refractivity (Wildman–Crippen MR) is 51.1 cm³/mol. The molecule has 0 aromatic carbocycles. The summed E-state index contributed by atoms with van der Waals surface area (Å²) in [4.78, 5) is 24.5. The first kappa shape index (κ1) is 10.5. The van der Waals surface area contributed by atoms with E-state index < -0.39 is 12.0 Å². The minimum Gasteiger partial charge on any atom is -0.392 e. The van der Waals surface area contributed by atoms with Crippen molar-refractivity contribution in [1.82, 2.24) is 10.3 Å². The van der Waals surface area contributed by atoms with Gasteiger partial charge < -0.3 is 15.4 Å². The molecule has 0 saturated carbocycles. The molecule has 1 unspecified atom stereocenters. The number of amides is 1. The third-order valence-electron chi connectivity index (χ3n) is 1.57. The monoisotopic (exact) mass is 196 g/mol. The highest BCUT2D eigenvalue weighted by molar-refractivity contribution is 5.92. The maximum atomic E-state index is 11.3. The molecule has 5 nitrogen and oxygen atoms in total. The fraction of sp³-hybridized carbons (Fsp3) is 0.333. The Labute approximate surface area is 80.8 Å². The second kappa shape index (κ2) is 4.57. The Kier molecular flexibility index (Phi) is 3.41. The molecule has 1 heterocycles. The first-order valence-corrected chi connectivity index (χ1v) is 4.25. The van der Waals surface area contributed by atoms with Gasteiger partial charge in [-0.1, -0.05) is 6.07 Å². The van der Waals surface area contributed by atoms with Gasteiger partial charge in [0.25, 0.3) is 5.91 Å². The van der Waals surface area contributed by atoms with E-state index in [4.69, 9.17) is 5.11 Å². The molecule has 1 aromatic heterocycles. The summed E-state index contributed by atoms with van der Waals surface area (Å²) in [5.41, 5.74) is -0.132. The minimum absolute atomic E-state index is 0.162. The maximum Gasteiger partial charge on any atom is 0.267 e. The molecule has 76 valence electrons. The van der Waals surface area contributed by atoms with Gasteiger partial charge in [-0.2, -0.15) is 0 Å². The van der Waals surface area contributed by atoms with Crippen molar-refractivity contribution in [3.63, 3.8) is 0 Å². The molecule has 1 atom stereocenters. The summed E-state index contributed by atoms with van der Waals surface area (Å²) in [6.07, 6.45) is -0.602. The Balaban J connectivity index is 2.65. The second-order valence-corrected chi connectivity index (χ2v) is 2.99. The van der Waals surface area contributed by atoms with Crippen molar-refractivity contribution >= 4 is 5.91 Å². The Hall–Kier alpha value is -1.62. The maximum absolute atomic E-state index is 11.3. The molecule has 0 bridgehead atoms. The van der Waals surface area contributed by atoms with E-state index in [2.05, 4.69) is 10.3 Å². The quantitative estimate of drug-likeness (QED) is 0.608. The number of rotatable bonds is 3. The van der Waals surface area contributed by atoms with Gasteiger partial charge in [-0.05, 0) is 13.0 Å². The van der Waals surface area contributed by atoms with E-state index in [9.17, 15) is 9.59 Å². The summed E-state index contributed by atoms with van der Waals surface area (Å²) >= 11 is 0. The average Bonchev–Trinajstić information content (AvgIpc) is 2.14. The van der Waals surface area contributed by atoms with Gasteiger partial charge in [0.15, 0.2) is 0 Å². The van der Waals surface area contributed by atoms with Crippen LogP contribution in [0, 0.1) is 0 Å². The number of nitrogens with one attached hydrogen (secondary N) is 2. The normalized spacial score (nSPS) is 12.1. The first-order chi connectivity index (χ1) is 6.59. The molecular formula is C9H12N2O3. The van der Waals surface area contributed by atoms with Crippen molar-refractivity contribution in [2.24, 2.45) is 0 Å². The van der Waals surface area contributed by atoms with E-state index in [0.717, 1.165) is 0 Å². The van der Waals surface area contributed by atoms with E-state index in [0.29, 0.717) is 0 Å². The van der Waals surface area contributed by atoms with Crippen molar-refractivity contribution < 1.29 is 9.90 Å². The van der Waals surface area contributed by atoms with Gasteiger partial charge in [-0.15, -0.1) is 0 Å². The van der Waals surface area contributed by atoms with Crippen molar-refractivity contribution in [3.8, 4) is 0 Å². The number of aromatic amines is 1. The van der Waals surface area contributed by atoms with Crippen LogP contribution in [-0.2, 0) is 0 Å². The lowest BCUT2D eigenvalue weighted by molar-refractivity contribution is 0.0919. The third kappa shape index (κ3) is 3.02. The van der Waals surface area contributed by atoms with E-state index in [1.54, 1.807) is 6.92 Å². The van der Waals surface area contributed by atoms with Crippen LogP contribution >= 0.6 is 0 Å². The van der Waals surface area contributed by atoms with E-state index in [1.807, 2.05) is 0 Å². The molecule has 0 saturated heterocycles. The zero-order valence-corrected chi connectivity index (χ0v) is 7.78. The number of aliphatic hydroxyl groups is 1. The standard InChI is InChI=1S/C9H12N2O3/c1-6(12)5-10-9(14)7-3-2-4-8(13)11-7/h2-4,6,12H,5H2,1H3,(H,10,14)(H,11,13). The Morgan fingerprint density at radius 1 is 1.64 bits per heavy atom. The zero-order valence-electron chi connectivity index (χ0n) is 7.78. The van der Waals surface area contributed by atoms with Crippen molar-refractivity contribution in [1.29, 1.82) is 0 Å². The van der Waals surface area contributed by atoms with Crippen LogP contribution in [-0.4, -0.2) is 28.6 Å². The molecular weight excluding hydrogens is 184 g/mol. The number of aromatic nitrogens is 1. The van der Waals surface area contributed by atoms with Crippen LogP contribution in [0.25, 0.3) is 0 Å². The van der Waals surface area contributed by atoms with E-state index >= 15 is 0 Å². The molecule has 0 aliphatic heterocycles. The molecule has 0 aliphatic carbocycles. The summed E-state index contributed by atoms with van der Waals surface area (Å²) in [6, 6.07) is 4.32. The Bertz CT molecular complexity index is 370. The smallest absolute Gasteiger partial charge is 0.267 e. The van der Waals surface area contributed by atoms with Crippen LogP contribution in [0.3, 0.4) is 0 Å². The molecule has 0 spiro atoms. The molecule has 0 radical (unpaired) electrons. The van der Waals surface area contributed by atoms with Crippen LogP contribution in [0.15, 0.2) is 23.0 Å². The molecule has 1 aromatic rings. The number of carbonyl (C=O) groups excluding carboxylic acids is 1. The summed E-state index contributed by atoms with van der Waals surface area (Å²) in [5, 5.41) is 11.4. The summed E-state index contributed by atoms with van der Waals surface area (Å²) in [5.74, 6) is -0.399. The fourth-order valence-electron chi connectivity index (χ4n) is 0.916. The number of pyridine rings is 1. The van der Waals surface area contributed by atoms with Gasteiger partial charge >= 0.3 is 0 Å². The Morgan fingerprint density at radius 3 is 2.93 bits per heavy atom. The second-order valence-electron chi connectivity index (χ2n) is 2.99. The van der Waals surface area contributed by atoms with Crippen LogP contribution in [0.1, 0.15) is 17.4 Å². The van der Waals surface area contributed by atoms with Gasteiger partial charge in [0, 0.05) is 12.6 Å². The fourth-order valence-corrected chi connectivity index (χ4v) is 0.916. The average molecular weight is 196 g/mol. The van der Waals surface area contributed by atoms with Crippen LogP contribution < -0.4 is 10.9 Å². The van der Waals surface area contributed by atoms with E-state index in [-0.39, 0.29) is 17.8 Å². The summed E-state index contributed by atoms with van der Waals surface area (Å²) in [7, 11) is 0. The van der Waals surface area contributed by atoms with Gasteiger partial charge in [0.05, 0.1) is 6.10 Å². The first-order valence-electron chi connectivity index (χ1n) is 4.25. The molecule has 0 aliphatic rings. The van der Waals surface area contributed by atoms with Crippen LogP contribution in [0.5, 0.6) is 0 Å². The topological polar surface area (TPSA) is 82.2 Å². The van der Waals surface area contributed by atoms with Crippen LogP contribution in [0.2, 0.25) is 0 Å². The predicted octanol–water partition coefficient (Wildman–Crippen LogP) is -0.514. The van der Waals surface area contributed by atoms with Gasteiger partial charge in [-0.25, -0.2) is 0 Å². The number of H-pyrrole nitrogens is 1. The lowest BCUT2D eigenvalue weighted by atomic mass is 10.3. The molecule has 1 rings (SSSR count). The highest BCUT2D eigenvalue weighted by Gasteiger charge is 2.05. The van der Waals surface area contributed by atoms with Gasteiger partial charge in [0.2, 0.25) is 5.56 Å². The third-order valence-corrected chi connectivity index (χ3v) is 1.57. The largest absolute Gasteiger partial charge is 0.392 e. The van der Waals surface area contributed by atoms with E-state index in [1.165, 1.54) is 18.2 Å². The van der Waals surface area contributed by atoms with Crippen molar-refractivity contribution in [2.45, 2.75) is 13.0 Å². The highest BCUT2D eigenvalue weighted by atomic mass is 16.3. The lowest BCUT2D eigenvalue weighted by Gasteiger charge is -2.06. The number of hydrogen-bond acceptors (Lipinski definition) is 3. The van der Waals surface area contributed by atoms with Gasteiger partial charge in [-0.3, -0.25) is 9.59 Å². The molecule has 14 heavy (non-hydrogen) atoms. The summed E-state index contributed by atoms with van der Waals surface area (Å²) in [6.45, 7) is 1.73.